The van der Waals surface area contributed by atoms with Crippen molar-refractivity contribution in [2.75, 3.05) is 6.54 Å². The number of aryl methyl sites for hydroxylation is 2. The maximum atomic E-state index is 12.9. The van der Waals surface area contributed by atoms with Crippen LogP contribution in [-0.2, 0) is 24.2 Å². The van der Waals surface area contributed by atoms with Gasteiger partial charge in [0.05, 0.1) is 11.7 Å². The predicted molar refractivity (Wildman–Crippen MR) is 107 cm³/mol. The van der Waals surface area contributed by atoms with Gasteiger partial charge in [-0.25, -0.2) is 4.98 Å². The van der Waals surface area contributed by atoms with Gasteiger partial charge in [0.2, 0.25) is 5.91 Å². The Bertz CT molecular complexity index is 824. The van der Waals surface area contributed by atoms with E-state index in [2.05, 4.69) is 24.1 Å². The van der Waals surface area contributed by atoms with Crippen molar-refractivity contribution in [1.29, 1.82) is 0 Å². The standard InChI is InChI=1S/C20H29N3O2S/c1-3-5-8-14(4-2)11-21-17(24)12-23-13-22-19-18(20(23)25)15-9-6-7-10-16(15)26-19/h13-14H,3-12H2,1-2H3,(H,21,24)/t14-/m1/s1. The van der Waals surface area contributed by atoms with E-state index in [1.807, 2.05) is 0 Å². The maximum absolute atomic E-state index is 12.9. The van der Waals surface area contributed by atoms with Crippen molar-refractivity contribution in [2.45, 2.75) is 71.8 Å². The molecule has 0 fully saturated rings. The van der Waals surface area contributed by atoms with Crippen LogP contribution in [0.25, 0.3) is 10.2 Å². The molecule has 0 spiro atoms. The average molecular weight is 376 g/mol. The van der Waals surface area contributed by atoms with Gasteiger partial charge in [0, 0.05) is 11.4 Å². The molecule has 3 rings (SSSR count). The normalized spacial score (nSPS) is 15.0. The number of aromatic nitrogens is 2. The van der Waals surface area contributed by atoms with E-state index in [-0.39, 0.29) is 18.0 Å². The van der Waals surface area contributed by atoms with Gasteiger partial charge in [0.1, 0.15) is 11.4 Å². The first-order valence-electron chi connectivity index (χ1n) is 9.90. The zero-order chi connectivity index (χ0) is 18.5. The van der Waals surface area contributed by atoms with Crippen molar-refractivity contribution < 1.29 is 4.79 Å². The zero-order valence-corrected chi connectivity index (χ0v) is 16.7. The smallest absolute Gasteiger partial charge is 0.262 e. The Morgan fingerprint density at radius 2 is 2.15 bits per heavy atom. The van der Waals surface area contributed by atoms with Crippen molar-refractivity contribution in [3.63, 3.8) is 0 Å². The van der Waals surface area contributed by atoms with E-state index in [1.54, 1.807) is 11.3 Å². The summed E-state index contributed by atoms with van der Waals surface area (Å²) in [6, 6.07) is 0. The number of hydrogen-bond donors (Lipinski definition) is 1. The van der Waals surface area contributed by atoms with Crippen molar-refractivity contribution in [1.82, 2.24) is 14.9 Å². The van der Waals surface area contributed by atoms with Gasteiger partial charge in [-0.3, -0.25) is 14.2 Å². The minimum atomic E-state index is -0.104. The number of nitrogens with zero attached hydrogens (tertiary/aromatic N) is 2. The topological polar surface area (TPSA) is 64.0 Å². The molecule has 0 aromatic carbocycles. The average Bonchev–Trinajstić information content (AvgIpc) is 3.03. The van der Waals surface area contributed by atoms with Gasteiger partial charge < -0.3 is 5.32 Å². The summed E-state index contributed by atoms with van der Waals surface area (Å²) in [6.07, 6.45) is 10.4. The fourth-order valence-corrected chi connectivity index (χ4v) is 4.93. The highest BCUT2D eigenvalue weighted by Gasteiger charge is 2.20. The van der Waals surface area contributed by atoms with Gasteiger partial charge in [-0.05, 0) is 43.6 Å². The third-order valence-corrected chi connectivity index (χ3v) is 6.59. The molecule has 2 heterocycles. The van der Waals surface area contributed by atoms with Crippen LogP contribution in [-0.4, -0.2) is 22.0 Å². The molecule has 0 unspecified atom stereocenters. The molecule has 0 radical (unpaired) electrons. The summed E-state index contributed by atoms with van der Waals surface area (Å²) in [5.74, 6) is 0.410. The minimum absolute atomic E-state index is 0.0522. The fraction of sp³-hybridized carbons (Fsp3) is 0.650. The van der Waals surface area contributed by atoms with E-state index < -0.39 is 0 Å². The highest BCUT2D eigenvalue weighted by Crippen LogP contribution is 2.33. The summed E-state index contributed by atoms with van der Waals surface area (Å²) in [5.41, 5.74) is 1.11. The van der Waals surface area contributed by atoms with Gasteiger partial charge in [0.25, 0.3) is 5.56 Å². The number of fused-ring (bicyclic) bond motifs is 3. The monoisotopic (exact) mass is 375 g/mol. The highest BCUT2D eigenvalue weighted by atomic mass is 32.1. The highest BCUT2D eigenvalue weighted by molar-refractivity contribution is 7.18. The van der Waals surface area contributed by atoms with E-state index in [4.69, 9.17) is 0 Å². The SMILES string of the molecule is CCCC[C@@H](CC)CNC(=O)Cn1cnc2sc3c(c2c1=O)CCCC3. The van der Waals surface area contributed by atoms with Gasteiger partial charge >= 0.3 is 0 Å². The largest absolute Gasteiger partial charge is 0.354 e. The molecule has 1 atom stereocenters. The Morgan fingerprint density at radius 1 is 1.35 bits per heavy atom. The number of hydrogen-bond acceptors (Lipinski definition) is 4. The molecular weight excluding hydrogens is 346 g/mol. The van der Waals surface area contributed by atoms with Crippen LogP contribution < -0.4 is 10.9 Å². The third kappa shape index (κ3) is 4.17. The molecule has 26 heavy (non-hydrogen) atoms. The number of rotatable bonds is 8. The van der Waals surface area contributed by atoms with Crippen LogP contribution in [0.4, 0.5) is 0 Å². The lowest BCUT2D eigenvalue weighted by Gasteiger charge is -2.15. The quantitative estimate of drug-likeness (QED) is 0.766. The number of carbonyl (C=O) groups is 1. The molecule has 1 aliphatic carbocycles. The first kappa shape index (κ1) is 19.1. The van der Waals surface area contributed by atoms with E-state index >= 15 is 0 Å². The molecule has 1 aliphatic rings. The Morgan fingerprint density at radius 3 is 2.92 bits per heavy atom. The Hall–Kier alpha value is -1.69. The lowest BCUT2D eigenvalue weighted by atomic mass is 9.97. The molecular formula is C20H29N3O2S. The maximum Gasteiger partial charge on any atom is 0.262 e. The lowest BCUT2D eigenvalue weighted by molar-refractivity contribution is -0.121. The third-order valence-electron chi connectivity index (χ3n) is 5.39. The summed E-state index contributed by atoms with van der Waals surface area (Å²) >= 11 is 1.64. The molecule has 1 amide bonds. The van der Waals surface area contributed by atoms with Crippen molar-refractivity contribution in [2.24, 2.45) is 5.92 Å². The Kier molecular flexibility index (Phi) is 6.46. The van der Waals surface area contributed by atoms with Gasteiger partial charge in [-0.2, -0.15) is 0 Å². The van der Waals surface area contributed by atoms with Crippen LogP contribution in [0.3, 0.4) is 0 Å². The number of amides is 1. The van der Waals surface area contributed by atoms with Crippen LogP contribution in [0.5, 0.6) is 0 Å². The van der Waals surface area contributed by atoms with Crippen molar-refractivity contribution >= 4 is 27.5 Å². The van der Waals surface area contributed by atoms with Gasteiger partial charge in [0.15, 0.2) is 0 Å². The molecule has 2 aromatic rings. The summed E-state index contributed by atoms with van der Waals surface area (Å²) in [6.45, 7) is 5.09. The number of unbranched alkanes of at least 4 members (excludes halogenated alkanes) is 1. The summed E-state index contributed by atoms with van der Waals surface area (Å²) in [5, 5.41) is 3.74. The molecule has 142 valence electrons. The number of carbonyl (C=O) groups excluding carboxylic acids is 1. The van der Waals surface area contributed by atoms with Crippen molar-refractivity contribution in [3.05, 3.63) is 27.1 Å². The number of nitrogens with one attached hydrogen (secondary N) is 1. The van der Waals surface area contributed by atoms with Crippen LogP contribution in [0, 0.1) is 5.92 Å². The second kappa shape index (κ2) is 8.80. The van der Waals surface area contributed by atoms with Gasteiger partial charge in [-0.15, -0.1) is 11.3 Å². The number of thiophene rings is 1. The van der Waals surface area contributed by atoms with Crippen LogP contribution >= 0.6 is 11.3 Å². The Balaban J connectivity index is 1.69. The van der Waals surface area contributed by atoms with Gasteiger partial charge in [-0.1, -0.05) is 33.1 Å². The molecule has 2 aromatic heterocycles. The second-order valence-electron chi connectivity index (χ2n) is 7.29. The summed E-state index contributed by atoms with van der Waals surface area (Å²) < 4.78 is 1.46. The Labute approximate surface area is 158 Å². The molecule has 5 nitrogen and oxygen atoms in total. The van der Waals surface area contributed by atoms with E-state index in [0.29, 0.717) is 12.5 Å². The van der Waals surface area contributed by atoms with E-state index in [9.17, 15) is 9.59 Å². The predicted octanol–water partition coefficient (Wildman–Crippen LogP) is 3.67. The van der Waals surface area contributed by atoms with Crippen LogP contribution in [0.2, 0.25) is 0 Å². The minimum Gasteiger partial charge on any atom is -0.354 e. The second-order valence-corrected chi connectivity index (χ2v) is 8.37. The van der Waals surface area contributed by atoms with E-state index in [1.165, 1.54) is 40.6 Å². The molecule has 1 N–H and O–H groups in total. The molecule has 6 heteroatoms. The molecule has 0 saturated carbocycles. The first-order chi connectivity index (χ1) is 12.6. The summed E-state index contributed by atoms with van der Waals surface area (Å²) in [7, 11) is 0. The van der Waals surface area contributed by atoms with Crippen LogP contribution in [0.1, 0.15) is 62.8 Å². The van der Waals surface area contributed by atoms with Crippen LogP contribution in [0.15, 0.2) is 11.1 Å². The van der Waals surface area contributed by atoms with Crippen molar-refractivity contribution in [3.8, 4) is 0 Å². The van der Waals surface area contributed by atoms with E-state index in [0.717, 1.165) is 42.3 Å². The fourth-order valence-electron chi connectivity index (χ4n) is 3.71. The molecule has 0 bridgehead atoms. The first-order valence-corrected chi connectivity index (χ1v) is 10.7. The summed E-state index contributed by atoms with van der Waals surface area (Å²) in [4.78, 5) is 31.8. The lowest BCUT2D eigenvalue weighted by Crippen LogP contribution is -2.35. The zero-order valence-electron chi connectivity index (χ0n) is 15.8. The molecule has 0 aliphatic heterocycles. The molecule has 0 saturated heterocycles.